The third-order valence-corrected chi connectivity index (χ3v) is 5.28. The maximum Gasteiger partial charge on any atom is 0.416 e. The van der Waals surface area contributed by atoms with E-state index >= 15 is 0 Å². The number of rotatable bonds is 4. The molecule has 2 aliphatic rings. The average molecular weight is 354 g/mol. The van der Waals surface area contributed by atoms with Crippen LogP contribution in [0.15, 0.2) is 18.2 Å². The minimum absolute atomic E-state index is 0.0272. The quantitative estimate of drug-likeness (QED) is 0.886. The van der Waals surface area contributed by atoms with Gasteiger partial charge in [-0.15, -0.1) is 0 Å². The van der Waals surface area contributed by atoms with Gasteiger partial charge >= 0.3 is 6.18 Å². The first-order valence-electron chi connectivity index (χ1n) is 9.02. The van der Waals surface area contributed by atoms with Gasteiger partial charge in [-0.2, -0.15) is 13.2 Å². The number of nitrogens with one attached hydrogen (secondary N) is 1. The van der Waals surface area contributed by atoms with Crippen LogP contribution in [0.1, 0.15) is 44.2 Å². The number of alkyl halides is 3. The molecular formula is C19H25F3N2O. The maximum atomic E-state index is 13.0. The van der Waals surface area contributed by atoms with Crippen LogP contribution in [-0.4, -0.2) is 25.0 Å². The predicted molar refractivity (Wildman–Crippen MR) is 91.5 cm³/mol. The molecule has 1 aromatic carbocycles. The van der Waals surface area contributed by atoms with Crippen LogP contribution in [0.5, 0.6) is 0 Å². The van der Waals surface area contributed by atoms with E-state index in [1.807, 2.05) is 0 Å². The zero-order chi connectivity index (χ0) is 18.2. The van der Waals surface area contributed by atoms with Crippen LogP contribution in [0.2, 0.25) is 0 Å². The van der Waals surface area contributed by atoms with Crippen LogP contribution in [-0.2, 0) is 17.4 Å². The Labute approximate surface area is 146 Å². The number of fused-ring (bicyclic) bond motifs is 3. The van der Waals surface area contributed by atoms with Gasteiger partial charge in [-0.3, -0.25) is 4.79 Å². The van der Waals surface area contributed by atoms with E-state index in [9.17, 15) is 18.0 Å². The summed E-state index contributed by atoms with van der Waals surface area (Å²) in [6.45, 7) is 5.62. The summed E-state index contributed by atoms with van der Waals surface area (Å²) in [5, 5.41) is 2.98. The number of hydrogen-bond donors (Lipinski definition) is 1. The van der Waals surface area contributed by atoms with Gasteiger partial charge in [-0.05, 0) is 55.4 Å². The van der Waals surface area contributed by atoms with E-state index in [1.165, 1.54) is 6.07 Å². The molecule has 1 amide bonds. The van der Waals surface area contributed by atoms with Crippen molar-refractivity contribution in [2.45, 2.75) is 51.7 Å². The maximum absolute atomic E-state index is 13.0. The molecule has 0 bridgehead atoms. The van der Waals surface area contributed by atoms with Crippen molar-refractivity contribution in [3.05, 3.63) is 29.3 Å². The van der Waals surface area contributed by atoms with Crippen LogP contribution in [0.4, 0.5) is 18.9 Å². The van der Waals surface area contributed by atoms with Crippen molar-refractivity contribution in [2.24, 2.45) is 11.8 Å². The molecule has 1 N–H and O–H groups in total. The van der Waals surface area contributed by atoms with Crippen LogP contribution < -0.4 is 10.2 Å². The van der Waals surface area contributed by atoms with Gasteiger partial charge in [0.1, 0.15) is 0 Å². The highest BCUT2D eigenvalue weighted by Gasteiger charge is 2.42. The summed E-state index contributed by atoms with van der Waals surface area (Å²) < 4.78 is 39.1. The van der Waals surface area contributed by atoms with E-state index < -0.39 is 11.7 Å². The van der Waals surface area contributed by atoms with Crippen LogP contribution in [0.3, 0.4) is 0 Å². The molecule has 25 heavy (non-hydrogen) atoms. The molecule has 3 nitrogen and oxygen atoms in total. The number of nitrogens with zero attached hydrogens (tertiary/aromatic N) is 1. The van der Waals surface area contributed by atoms with Crippen molar-refractivity contribution in [3.8, 4) is 0 Å². The molecule has 2 heterocycles. The highest BCUT2D eigenvalue weighted by atomic mass is 19.4. The van der Waals surface area contributed by atoms with Crippen molar-refractivity contribution in [3.63, 3.8) is 0 Å². The van der Waals surface area contributed by atoms with Crippen molar-refractivity contribution in [2.75, 3.05) is 18.0 Å². The SMILES string of the molecule is CC(C)CCNC(=O)C1Cc2cc(C(F)(F)F)ccc2N2CCCC12. The van der Waals surface area contributed by atoms with Gasteiger partial charge < -0.3 is 10.2 Å². The lowest BCUT2D eigenvalue weighted by atomic mass is 9.84. The number of hydrogen-bond acceptors (Lipinski definition) is 2. The molecular weight excluding hydrogens is 329 g/mol. The highest BCUT2D eigenvalue weighted by molar-refractivity contribution is 5.82. The summed E-state index contributed by atoms with van der Waals surface area (Å²) in [5.41, 5.74) is 0.863. The largest absolute Gasteiger partial charge is 0.416 e. The summed E-state index contributed by atoms with van der Waals surface area (Å²) in [7, 11) is 0. The molecule has 1 saturated heterocycles. The second-order valence-electron chi connectivity index (χ2n) is 7.53. The van der Waals surface area contributed by atoms with Gasteiger partial charge in [0.05, 0.1) is 11.5 Å². The topological polar surface area (TPSA) is 32.3 Å². The molecule has 0 aromatic heterocycles. The molecule has 1 fully saturated rings. The lowest BCUT2D eigenvalue weighted by Crippen LogP contribution is -2.48. The van der Waals surface area contributed by atoms with Gasteiger partial charge in [0, 0.05) is 24.8 Å². The normalized spacial score (nSPS) is 22.7. The first kappa shape index (κ1) is 18.1. The Morgan fingerprint density at radius 1 is 1.36 bits per heavy atom. The Morgan fingerprint density at radius 2 is 2.12 bits per heavy atom. The van der Waals surface area contributed by atoms with E-state index in [4.69, 9.17) is 0 Å². The summed E-state index contributed by atoms with van der Waals surface area (Å²) >= 11 is 0. The number of carbonyl (C=O) groups is 1. The average Bonchev–Trinajstić information content (AvgIpc) is 3.01. The smallest absolute Gasteiger partial charge is 0.368 e. The third kappa shape index (κ3) is 3.77. The number of amides is 1. The van der Waals surface area contributed by atoms with Crippen LogP contribution >= 0.6 is 0 Å². The Hall–Kier alpha value is -1.72. The molecule has 2 unspecified atom stereocenters. The van der Waals surface area contributed by atoms with Crippen molar-refractivity contribution >= 4 is 11.6 Å². The molecule has 0 aliphatic carbocycles. The minimum Gasteiger partial charge on any atom is -0.368 e. The van der Waals surface area contributed by atoms with Crippen molar-refractivity contribution in [1.82, 2.24) is 5.32 Å². The lowest BCUT2D eigenvalue weighted by Gasteiger charge is -2.39. The number of halogens is 3. The van der Waals surface area contributed by atoms with E-state index in [1.54, 1.807) is 6.07 Å². The van der Waals surface area contributed by atoms with E-state index in [-0.39, 0.29) is 17.9 Å². The molecule has 2 aliphatic heterocycles. The zero-order valence-corrected chi connectivity index (χ0v) is 14.7. The van der Waals surface area contributed by atoms with Gasteiger partial charge in [0.2, 0.25) is 5.91 Å². The Kier molecular flexibility index (Phi) is 4.98. The molecule has 0 spiro atoms. The predicted octanol–water partition coefficient (Wildman–Crippen LogP) is 4.01. The van der Waals surface area contributed by atoms with Gasteiger partial charge in [0.15, 0.2) is 0 Å². The molecule has 0 radical (unpaired) electrons. The Morgan fingerprint density at radius 3 is 2.80 bits per heavy atom. The standard InChI is InChI=1S/C19H25F3N2O/c1-12(2)7-8-23-18(25)15-11-13-10-14(19(20,21)22)5-6-16(13)24-9-3-4-17(15)24/h5-6,10,12,15,17H,3-4,7-9,11H2,1-2H3,(H,23,25). The highest BCUT2D eigenvalue weighted by Crippen LogP contribution is 2.41. The van der Waals surface area contributed by atoms with E-state index in [2.05, 4.69) is 24.1 Å². The van der Waals surface area contributed by atoms with Crippen molar-refractivity contribution < 1.29 is 18.0 Å². The molecule has 1 aromatic rings. The van der Waals surface area contributed by atoms with Gasteiger partial charge in [-0.25, -0.2) is 0 Å². The first-order chi connectivity index (χ1) is 11.8. The fraction of sp³-hybridized carbons (Fsp3) is 0.632. The zero-order valence-electron chi connectivity index (χ0n) is 14.7. The van der Waals surface area contributed by atoms with Crippen LogP contribution in [0.25, 0.3) is 0 Å². The lowest BCUT2D eigenvalue weighted by molar-refractivity contribution is -0.137. The summed E-state index contributed by atoms with van der Waals surface area (Å²) in [6, 6.07) is 4.04. The van der Waals surface area contributed by atoms with E-state index in [0.717, 1.165) is 37.6 Å². The number of benzene rings is 1. The first-order valence-corrected chi connectivity index (χ1v) is 9.02. The number of carbonyl (C=O) groups excluding carboxylic acids is 1. The summed E-state index contributed by atoms with van der Waals surface area (Å²) in [4.78, 5) is 14.8. The molecule has 3 rings (SSSR count). The van der Waals surface area contributed by atoms with Gasteiger partial charge in [-0.1, -0.05) is 13.8 Å². The summed E-state index contributed by atoms with van der Waals surface area (Å²) in [6.07, 6.45) is -1.18. The fourth-order valence-electron chi connectivity index (χ4n) is 3.97. The molecule has 138 valence electrons. The summed E-state index contributed by atoms with van der Waals surface area (Å²) in [5.74, 6) is 0.205. The second kappa shape index (κ2) is 6.89. The van der Waals surface area contributed by atoms with Crippen LogP contribution in [0, 0.1) is 11.8 Å². The monoisotopic (exact) mass is 354 g/mol. The Bertz CT molecular complexity index is 642. The van der Waals surface area contributed by atoms with Gasteiger partial charge in [0.25, 0.3) is 0 Å². The number of anilines is 1. The van der Waals surface area contributed by atoms with E-state index in [0.29, 0.717) is 24.4 Å². The second-order valence-corrected chi connectivity index (χ2v) is 7.53. The fourth-order valence-corrected chi connectivity index (χ4v) is 3.97. The molecule has 6 heteroatoms. The molecule has 2 atom stereocenters. The third-order valence-electron chi connectivity index (χ3n) is 5.28. The molecule has 0 saturated carbocycles. The minimum atomic E-state index is -4.36. The van der Waals surface area contributed by atoms with Crippen molar-refractivity contribution in [1.29, 1.82) is 0 Å². The Balaban J connectivity index is 1.82.